The van der Waals surface area contributed by atoms with E-state index < -0.39 is 0 Å². The minimum atomic E-state index is 0.691. The number of nitrogens with one attached hydrogen (secondary N) is 1. The molecule has 1 aliphatic heterocycles. The lowest BCUT2D eigenvalue weighted by molar-refractivity contribution is 0.529. The SMILES string of the molecule is CCCC1CCN(c2ccncc2CNCC(C)C)C1. The standard InChI is InChI=1S/C17H29N3/c1-4-5-15-7-9-20(13-15)17-6-8-18-11-16(17)12-19-10-14(2)3/h6,8,11,14-15,19H,4-5,7,9-10,12-13H2,1-3H3. The molecule has 3 heteroatoms. The largest absolute Gasteiger partial charge is 0.371 e. The molecule has 20 heavy (non-hydrogen) atoms. The fraction of sp³-hybridized carbons (Fsp3) is 0.706. The fourth-order valence-corrected chi connectivity index (χ4v) is 3.06. The van der Waals surface area contributed by atoms with E-state index in [2.05, 4.69) is 42.0 Å². The molecule has 2 heterocycles. The van der Waals surface area contributed by atoms with Crippen molar-refractivity contribution in [2.24, 2.45) is 11.8 Å². The van der Waals surface area contributed by atoms with E-state index in [0.29, 0.717) is 5.92 Å². The van der Waals surface area contributed by atoms with Crippen LogP contribution in [0.2, 0.25) is 0 Å². The Bertz CT molecular complexity index is 403. The summed E-state index contributed by atoms with van der Waals surface area (Å²) in [5, 5.41) is 3.53. The zero-order valence-electron chi connectivity index (χ0n) is 13.2. The van der Waals surface area contributed by atoms with Gasteiger partial charge in [-0.05, 0) is 37.3 Å². The normalized spacial score (nSPS) is 19.0. The van der Waals surface area contributed by atoms with Gasteiger partial charge in [0.1, 0.15) is 0 Å². The van der Waals surface area contributed by atoms with Crippen LogP contribution in [0.4, 0.5) is 5.69 Å². The molecule has 0 spiro atoms. The highest BCUT2D eigenvalue weighted by molar-refractivity contribution is 5.53. The van der Waals surface area contributed by atoms with Crippen LogP contribution < -0.4 is 10.2 Å². The summed E-state index contributed by atoms with van der Waals surface area (Å²) in [7, 11) is 0. The summed E-state index contributed by atoms with van der Waals surface area (Å²) in [5.74, 6) is 1.57. The second kappa shape index (κ2) is 7.63. The van der Waals surface area contributed by atoms with Crippen molar-refractivity contribution in [3.05, 3.63) is 24.0 Å². The predicted molar refractivity (Wildman–Crippen MR) is 86.0 cm³/mol. The summed E-state index contributed by atoms with van der Waals surface area (Å²) in [6.07, 6.45) is 7.96. The zero-order chi connectivity index (χ0) is 14.4. The first-order valence-corrected chi connectivity index (χ1v) is 8.09. The van der Waals surface area contributed by atoms with Gasteiger partial charge in [-0.1, -0.05) is 27.2 Å². The molecule has 0 amide bonds. The van der Waals surface area contributed by atoms with Crippen LogP contribution in [0.5, 0.6) is 0 Å². The highest BCUT2D eigenvalue weighted by atomic mass is 15.2. The van der Waals surface area contributed by atoms with Gasteiger partial charge in [-0.2, -0.15) is 0 Å². The Morgan fingerprint density at radius 3 is 3.05 bits per heavy atom. The zero-order valence-corrected chi connectivity index (χ0v) is 13.2. The van der Waals surface area contributed by atoms with Gasteiger partial charge in [-0.25, -0.2) is 0 Å². The lowest BCUT2D eigenvalue weighted by atomic mass is 10.0. The van der Waals surface area contributed by atoms with Crippen molar-refractivity contribution in [2.45, 2.75) is 46.6 Å². The smallest absolute Gasteiger partial charge is 0.0442 e. The van der Waals surface area contributed by atoms with Crippen molar-refractivity contribution in [2.75, 3.05) is 24.5 Å². The fourth-order valence-electron chi connectivity index (χ4n) is 3.06. The van der Waals surface area contributed by atoms with Crippen LogP contribution in [0.15, 0.2) is 18.5 Å². The maximum absolute atomic E-state index is 4.30. The van der Waals surface area contributed by atoms with E-state index in [4.69, 9.17) is 0 Å². The van der Waals surface area contributed by atoms with Crippen molar-refractivity contribution in [3.8, 4) is 0 Å². The molecule has 112 valence electrons. The lowest BCUT2D eigenvalue weighted by Gasteiger charge is -2.22. The molecule has 3 nitrogen and oxygen atoms in total. The van der Waals surface area contributed by atoms with E-state index in [-0.39, 0.29) is 0 Å². The number of rotatable bonds is 7. The van der Waals surface area contributed by atoms with Crippen molar-refractivity contribution in [1.29, 1.82) is 0 Å². The first kappa shape index (κ1) is 15.3. The summed E-state index contributed by atoms with van der Waals surface area (Å²) in [5.41, 5.74) is 2.72. The Labute approximate surface area is 123 Å². The maximum atomic E-state index is 4.30. The Balaban J connectivity index is 1.97. The Morgan fingerprint density at radius 2 is 2.30 bits per heavy atom. The molecule has 1 aliphatic rings. The minimum absolute atomic E-state index is 0.691. The van der Waals surface area contributed by atoms with Crippen molar-refractivity contribution in [1.82, 2.24) is 10.3 Å². The van der Waals surface area contributed by atoms with Gasteiger partial charge in [-0.3, -0.25) is 4.98 Å². The average molecular weight is 275 g/mol. The van der Waals surface area contributed by atoms with Gasteiger partial charge in [0.2, 0.25) is 0 Å². The second-order valence-electron chi connectivity index (χ2n) is 6.42. The summed E-state index contributed by atoms with van der Waals surface area (Å²) in [6, 6.07) is 2.18. The van der Waals surface area contributed by atoms with E-state index >= 15 is 0 Å². The summed E-state index contributed by atoms with van der Waals surface area (Å²) in [6.45, 7) is 11.2. The summed E-state index contributed by atoms with van der Waals surface area (Å²) in [4.78, 5) is 6.85. The van der Waals surface area contributed by atoms with Crippen LogP contribution in [0.25, 0.3) is 0 Å². The quantitative estimate of drug-likeness (QED) is 0.826. The first-order chi connectivity index (χ1) is 9.70. The maximum Gasteiger partial charge on any atom is 0.0442 e. The topological polar surface area (TPSA) is 28.2 Å². The number of hydrogen-bond acceptors (Lipinski definition) is 3. The van der Waals surface area contributed by atoms with Gasteiger partial charge in [-0.15, -0.1) is 0 Å². The third kappa shape index (κ3) is 4.20. The van der Waals surface area contributed by atoms with E-state index in [1.807, 2.05) is 12.4 Å². The Hall–Kier alpha value is -1.09. The summed E-state index contributed by atoms with van der Waals surface area (Å²) < 4.78 is 0. The van der Waals surface area contributed by atoms with Gasteiger partial charge in [0.25, 0.3) is 0 Å². The number of hydrogen-bond donors (Lipinski definition) is 1. The van der Waals surface area contributed by atoms with E-state index in [9.17, 15) is 0 Å². The van der Waals surface area contributed by atoms with Gasteiger partial charge in [0, 0.05) is 43.3 Å². The predicted octanol–water partition coefficient (Wildman–Crippen LogP) is 3.45. The van der Waals surface area contributed by atoms with Gasteiger partial charge < -0.3 is 10.2 Å². The van der Waals surface area contributed by atoms with E-state index in [0.717, 1.165) is 19.0 Å². The van der Waals surface area contributed by atoms with Crippen LogP contribution in [0.3, 0.4) is 0 Å². The van der Waals surface area contributed by atoms with Gasteiger partial charge >= 0.3 is 0 Å². The monoisotopic (exact) mass is 275 g/mol. The van der Waals surface area contributed by atoms with Crippen molar-refractivity contribution < 1.29 is 0 Å². The molecule has 0 aliphatic carbocycles. The molecule has 1 aromatic rings. The second-order valence-corrected chi connectivity index (χ2v) is 6.42. The third-order valence-electron chi connectivity index (χ3n) is 4.07. The first-order valence-electron chi connectivity index (χ1n) is 8.09. The third-order valence-corrected chi connectivity index (χ3v) is 4.07. The summed E-state index contributed by atoms with van der Waals surface area (Å²) >= 11 is 0. The molecular formula is C17H29N3. The van der Waals surface area contributed by atoms with Crippen molar-refractivity contribution in [3.63, 3.8) is 0 Å². The molecule has 0 radical (unpaired) electrons. The molecule has 1 atom stereocenters. The molecule has 0 bridgehead atoms. The molecule has 1 fully saturated rings. The number of anilines is 1. The molecule has 0 saturated carbocycles. The Kier molecular flexibility index (Phi) is 5.84. The molecular weight excluding hydrogens is 246 g/mol. The highest BCUT2D eigenvalue weighted by Crippen LogP contribution is 2.28. The molecule has 1 saturated heterocycles. The van der Waals surface area contributed by atoms with Gasteiger partial charge in [0.05, 0.1) is 0 Å². The van der Waals surface area contributed by atoms with E-state index in [1.54, 1.807) is 0 Å². The van der Waals surface area contributed by atoms with Crippen LogP contribution in [-0.4, -0.2) is 24.6 Å². The van der Waals surface area contributed by atoms with Crippen LogP contribution in [0, 0.1) is 11.8 Å². The van der Waals surface area contributed by atoms with Crippen LogP contribution >= 0.6 is 0 Å². The molecule has 2 rings (SSSR count). The average Bonchev–Trinajstić information content (AvgIpc) is 2.88. The van der Waals surface area contributed by atoms with Crippen LogP contribution in [0.1, 0.15) is 45.6 Å². The number of aromatic nitrogens is 1. The minimum Gasteiger partial charge on any atom is -0.371 e. The molecule has 1 unspecified atom stereocenters. The molecule has 0 aromatic carbocycles. The molecule has 1 N–H and O–H groups in total. The van der Waals surface area contributed by atoms with Crippen molar-refractivity contribution >= 4 is 5.69 Å². The Morgan fingerprint density at radius 1 is 1.45 bits per heavy atom. The van der Waals surface area contributed by atoms with Crippen LogP contribution in [-0.2, 0) is 6.54 Å². The number of pyridine rings is 1. The molecule has 1 aromatic heterocycles. The number of nitrogens with zero attached hydrogens (tertiary/aromatic N) is 2. The van der Waals surface area contributed by atoms with E-state index in [1.165, 1.54) is 43.6 Å². The highest BCUT2D eigenvalue weighted by Gasteiger charge is 2.23. The lowest BCUT2D eigenvalue weighted by Crippen LogP contribution is -2.24. The van der Waals surface area contributed by atoms with Gasteiger partial charge in [0.15, 0.2) is 0 Å².